The summed E-state index contributed by atoms with van der Waals surface area (Å²) in [7, 11) is 0. The largest absolute Gasteiger partial charge is 0.213 e. The molecule has 0 atom stereocenters. The number of hydrogen-bond acceptors (Lipinski definition) is 2. The number of nitrogens with zero attached hydrogens (tertiary/aromatic N) is 2. The van der Waals surface area contributed by atoms with Crippen LogP contribution < -0.4 is 4.72 Å². The first-order valence-corrected chi connectivity index (χ1v) is 2.68. The van der Waals surface area contributed by atoms with E-state index in [0.29, 0.717) is 5.75 Å². The molecule has 37 valence electrons. The van der Waals surface area contributed by atoms with Gasteiger partial charge in [-0.3, -0.25) is 0 Å². The Balaban J connectivity index is 2.72. The molecule has 3 heteroatoms. The molecule has 0 aliphatic carbocycles. The van der Waals surface area contributed by atoms with Crippen LogP contribution in [0.25, 0.3) is 0 Å². The minimum atomic E-state index is 0.716. The van der Waals surface area contributed by atoms with E-state index in [-0.39, 0.29) is 0 Å². The third kappa shape index (κ3) is 5.38. The lowest BCUT2D eigenvalue weighted by atomic mass is 10.8. The van der Waals surface area contributed by atoms with Crippen molar-refractivity contribution in [2.75, 3.05) is 5.75 Å². The van der Waals surface area contributed by atoms with Gasteiger partial charge in [0.2, 0.25) is 6.19 Å². The van der Waals surface area contributed by atoms with Gasteiger partial charge in [0.1, 0.15) is 0 Å². The van der Waals surface area contributed by atoms with Crippen molar-refractivity contribution in [1.29, 1.82) is 5.26 Å². The fraction of sp³-hybridized carbons (Fsp3) is 0.250. The summed E-state index contributed by atoms with van der Waals surface area (Å²) in [5, 5.41) is 7.82. The number of rotatable bonds is 3. The van der Waals surface area contributed by atoms with Crippen molar-refractivity contribution in [2.24, 2.45) is 0 Å². The summed E-state index contributed by atoms with van der Waals surface area (Å²) in [6, 6.07) is 0. The Bertz CT molecular complexity index is 84.2. The summed E-state index contributed by atoms with van der Waals surface area (Å²) in [4.78, 5) is 0. The van der Waals surface area contributed by atoms with Crippen LogP contribution in [-0.2, 0) is 0 Å². The Morgan fingerprint density at radius 1 is 2.00 bits per heavy atom. The lowest BCUT2D eigenvalue weighted by molar-refractivity contribution is 1.34. The van der Waals surface area contributed by atoms with Gasteiger partial charge in [-0.2, -0.15) is 5.26 Å². The summed E-state index contributed by atoms with van der Waals surface area (Å²) >= 11 is 1.20. The molecule has 0 fully saturated rings. The molecule has 1 radical (unpaired) electrons. The molecule has 0 bridgehead atoms. The van der Waals surface area contributed by atoms with Crippen molar-refractivity contribution < 1.29 is 0 Å². The maximum Gasteiger partial charge on any atom is 0.213 e. The SMILES string of the molecule is C=CCS[N]C#N. The Hall–Kier alpha value is -0.620. The van der Waals surface area contributed by atoms with Crippen molar-refractivity contribution in [1.82, 2.24) is 4.72 Å². The van der Waals surface area contributed by atoms with Crippen molar-refractivity contribution >= 4 is 11.9 Å². The van der Waals surface area contributed by atoms with Gasteiger partial charge in [-0.05, 0) is 11.9 Å². The molecule has 0 heterocycles. The van der Waals surface area contributed by atoms with Crippen LogP contribution in [0.4, 0.5) is 0 Å². The summed E-state index contributed by atoms with van der Waals surface area (Å²) in [6.07, 6.45) is 3.34. The second kappa shape index (κ2) is 5.38. The monoisotopic (exact) mass is 113 g/mol. The number of hydrogen-bond donors (Lipinski definition) is 0. The van der Waals surface area contributed by atoms with Crippen LogP contribution in [0, 0.1) is 11.5 Å². The van der Waals surface area contributed by atoms with E-state index in [0.717, 1.165) is 0 Å². The molecule has 0 aromatic rings. The molecule has 7 heavy (non-hydrogen) atoms. The van der Waals surface area contributed by atoms with Gasteiger partial charge in [0, 0.05) is 5.75 Å². The van der Waals surface area contributed by atoms with Crippen LogP contribution in [0.5, 0.6) is 0 Å². The predicted molar refractivity (Wildman–Crippen MR) is 30.4 cm³/mol. The van der Waals surface area contributed by atoms with Crippen LogP contribution in [-0.4, -0.2) is 5.75 Å². The lowest BCUT2D eigenvalue weighted by Gasteiger charge is -1.80. The Kier molecular flexibility index (Phi) is 4.90. The average Bonchev–Trinajstić information content (AvgIpc) is 1.69. The van der Waals surface area contributed by atoms with Crippen LogP contribution in [0.15, 0.2) is 12.7 Å². The molecule has 0 N–H and O–H groups in total. The zero-order chi connectivity index (χ0) is 5.54. The molecule has 0 saturated heterocycles. The van der Waals surface area contributed by atoms with E-state index >= 15 is 0 Å². The van der Waals surface area contributed by atoms with E-state index in [1.165, 1.54) is 11.9 Å². The van der Waals surface area contributed by atoms with E-state index in [2.05, 4.69) is 11.3 Å². The van der Waals surface area contributed by atoms with E-state index in [9.17, 15) is 0 Å². The van der Waals surface area contributed by atoms with Crippen molar-refractivity contribution in [3.63, 3.8) is 0 Å². The summed E-state index contributed by atoms with van der Waals surface area (Å²) < 4.78 is 3.31. The highest BCUT2D eigenvalue weighted by molar-refractivity contribution is 7.97. The lowest BCUT2D eigenvalue weighted by Crippen LogP contribution is -1.79. The fourth-order valence-corrected chi connectivity index (χ4v) is 0.357. The molecule has 0 aromatic carbocycles. The molecule has 0 amide bonds. The first kappa shape index (κ1) is 6.38. The zero-order valence-electron chi connectivity index (χ0n) is 3.79. The standard InChI is InChI=1S/C4H5N2S/c1-2-3-7-6-4-5/h2H,1,3H2. The Morgan fingerprint density at radius 2 is 2.71 bits per heavy atom. The highest BCUT2D eigenvalue weighted by Crippen LogP contribution is 1.91. The summed E-state index contributed by atoms with van der Waals surface area (Å²) in [5.74, 6) is 0.716. The molecule has 0 unspecified atom stereocenters. The third-order valence-electron chi connectivity index (χ3n) is 0.298. The first-order chi connectivity index (χ1) is 3.41. The fourth-order valence-electron chi connectivity index (χ4n) is 0.119. The second-order valence-electron chi connectivity index (χ2n) is 0.776. The normalized spacial score (nSPS) is 6.71. The maximum absolute atomic E-state index is 7.82. The minimum absolute atomic E-state index is 0.716. The third-order valence-corrected chi connectivity index (χ3v) is 0.893. The molecule has 0 aliphatic rings. The zero-order valence-corrected chi connectivity index (χ0v) is 4.61. The van der Waals surface area contributed by atoms with E-state index in [1.54, 1.807) is 12.3 Å². The molecule has 0 aromatic heterocycles. The second-order valence-corrected chi connectivity index (χ2v) is 1.55. The van der Waals surface area contributed by atoms with Gasteiger partial charge in [0.15, 0.2) is 0 Å². The smallest absolute Gasteiger partial charge is 0.170 e. The highest BCUT2D eigenvalue weighted by Gasteiger charge is 1.76. The van der Waals surface area contributed by atoms with Gasteiger partial charge < -0.3 is 0 Å². The molecule has 0 spiro atoms. The van der Waals surface area contributed by atoms with Crippen LogP contribution in [0.2, 0.25) is 0 Å². The topological polar surface area (TPSA) is 37.9 Å². The van der Waals surface area contributed by atoms with Gasteiger partial charge >= 0.3 is 0 Å². The van der Waals surface area contributed by atoms with E-state index < -0.39 is 0 Å². The summed E-state index contributed by atoms with van der Waals surface area (Å²) in [5.41, 5.74) is 0. The average molecular weight is 113 g/mol. The molecule has 0 rings (SSSR count). The molecule has 2 nitrogen and oxygen atoms in total. The van der Waals surface area contributed by atoms with Crippen LogP contribution in [0.3, 0.4) is 0 Å². The minimum Gasteiger partial charge on any atom is -0.170 e. The van der Waals surface area contributed by atoms with E-state index in [1.807, 2.05) is 0 Å². The molecular weight excluding hydrogens is 108 g/mol. The molecule has 0 saturated carbocycles. The van der Waals surface area contributed by atoms with Gasteiger partial charge in [-0.25, -0.2) is 0 Å². The highest BCUT2D eigenvalue weighted by atomic mass is 32.2. The van der Waals surface area contributed by atoms with Gasteiger partial charge in [0.25, 0.3) is 0 Å². The van der Waals surface area contributed by atoms with E-state index in [4.69, 9.17) is 5.26 Å². The van der Waals surface area contributed by atoms with Crippen molar-refractivity contribution in [2.45, 2.75) is 0 Å². The van der Waals surface area contributed by atoms with Crippen LogP contribution >= 0.6 is 11.9 Å². The Morgan fingerprint density at radius 3 is 3.14 bits per heavy atom. The van der Waals surface area contributed by atoms with Crippen molar-refractivity contribution in [3.8, 4) is 6.19 Å². The molecular formula is C4H5N2S. The van der Waals surface area contributed by atoms with Gasteiger partial charge in [-0.1, -0.05) is 6.08 Å². The van der Waals surface area contributed by atoms with Crippen molar-refractivity contribution in [3.05, 3.63) is 12.7 Å². The number of nitriles is 1. The Labute approximate surface area is 47.3 Å². The quantitative estimate of drug-likeness (QED) is 0.236. The molecule has 0 aliphatic heterocycles. The first-order valence-electron chi connectivity index (χ1n) is 1.73. The maximum atomic E-state index is 7.82. The van der Waals surface area contributed by atoms with Gasteiger partial charge in [-0.15, -0.1) is 11.3 Å². The summed E-state index contributed by atoms with van der Waals surface area (Å²) in [6.45, 7) is 3.44. The van der Waals surface area contributed by atoms with Gasteiger partial charge in [0.05, 0.1) is 0 Å². The predicted octanol–water partition coefficient (Wildman–Crippen LogP) is 0.906. The van der Waals surface area contributed by atoms with Crippen LogP contribution in [0.1, 0.15) is 0 Å².